The van der Waals surface area contributed by atoms with E-state index < -0.39 is 11.4 Å². The molecule has 6 rings (SSSR count). The summed E-state index contributed by atoms with van der Waals surface area (Å²) in [5.74, 6) is 1.39. The van der Waals surface area contributed by atoms with Crippen molar-refractivity contribution in [2.45, 2.75) is 57.1 Å². The second-order valence-corrected chi connectivity index (χ2v) is 10.5. The Bertz CT molecular complexity index is 1670. The van der Waals surface area contributed by atoms with Gasteiger partial charge < -0.3 is 15.4 Å². The van der Waals surface area contributed by atoms with Crippen molar-refractivity contribution in [3.05, 3.63) is 71.8 Å². The fourth-order valence-corrected chi connectivity index (χ4v) is 5.47. The minimum atomic E-state index is -0.942. The molecule has 1 aliphatic rings. The second kappa shape index (κ2) is 10.7. The number of nitrogens with zero attached hydrogens (tertiary/aromatic N) is 6. The van der Waals surface area contributed by atoms with Crippen LogP contribution in [0.3, 0.4) is 0 Å². The van der Waals surface area contributed by atoms with Gasteiger partial charge in [-0.1, -0.05) is 6.07 Å². The van der Waals surface area contributed by atoms with Crippen LogP contribution in [0.2, 0.25) is 0 Å². The van der Waals surface area contributed by atoms with Gasteiger partial charge in [-0.25, -0.2) is 19.0 Å². The van der Waals surface area contributed by atoms with E-state index in [0.29, 0.717) is 30.3 Å². The van der Waals surface area contributed by atoms with Crippen LogP contribution >= 0.6 is 0 Å². The van der Waals surface area contributed by atoms with Gasteiger partial charge in [0.25, 0.3) is 5.91 Å². The average Bonchev–Trinajstić information content (AvgIpc) is 3.74. The van der Waals surface area contributed by atoms with Crippen molar-refractivity contribution >= 4 is 28.4 Å². The third-order valence-electron chi connectivity index (χ3n) is 7.82. The highest BCUT2D eigenvalue weighted by atomic mass is 19.1. The van der Waals surface area contributed by atoms with Crippen molar-refractivity contribution < 1.29 is 13.9 Å². The van der Waals surface area contributed by atoms with E-state index in [-0.39, 0.29) is 17.9 Å². The van der Waals surface area contributed by atoms with E-state index >= 15 is 0 Å². The molecule has 212 valence electrons. The number of hydrogen-bond donors (Lipinski definition) is 4. The molecule has 5 aromatic rings. The molecule has 1 atom stereocenters. The van der Waals surface area contributed by atoms with Crippen molar-refractivity contribution in [2.24, 2.45) is 0 Å². The summed E-state index contributed by atoms with van der Waals surface area (Å²) in [6.07, 6.45) is 8.39. The monoisotopic (exact) mass is 558 g/mol. The molecule has 1 fully saturated rings. The van der Waals surface area contributed by atoms with Crippen LogP contribution in [-0.2, 0) is 9.53 Å². The van der Waals surface area contributed by atoms with Gasteiger partial charge >= 0.3 is 0 Å². The summed E-state index contributed by atoms with van der Waals surface area (Å²) in [5.41, 5.74) is 2.65. The van der Waals surface area contributed by atoms with Gasteiger partial charge in [0.1, 0.15) is 11.4 Å². The van der Waals surface area contributed by atoms with Crippen LogP contribution in [0.25, 0.3) is 16.7 Å². The van der Waals surface area contributed by atoms with Gasteiger partial charge in [-0.2, -0.15) is 15.3 Å². The number of carbonyl (C=O) groups excluding carboxylic acids is 1. The Morgan fingerprint density at radius 3 is 2.66 bits per heavy atom. The Labute approximate surface area is 235 Å². The number of amides is 1. The molecule has 0 radical (unpaired) electrons. The van der Waals surface area contributed by atoms with Crippen molar-refractivity contribution in [3.8, 4) is 5.82 Å². The second-order valence-electron chi connectivity index (χ2n) is 10.5. The summed E-state index contributed by atoms with van der Waals surface area (Å²) in [5, 5.41) is 25.7. The number of H-pyrrole nitrogens is 2. The average molecular weight is 559 g/mol. The number of rotatable bonds is 8. The number of ether oxygens (including phenoxy) is 1. The molecule has 0 unspecified atom stereocenters. The molecule has 0 saturated heterocycles. The quantitative estimate of drug-likeness (QED) is 0.219. The number of nitrogens with one attached hydrogen (secondary N) is 4. The Kier molecular flexibility index (Phi) is 6.95. The molecule has 1 aliphatic carbocycles. The van der Waals surface area contributed by atoms with Gasteiger partial charge in [0.15, 0.2) is 17.5 Å². The summed E-state index contributed by atoms with van der Waals surface area (Å²) < 4.78 is 20.5. The smallest absolute Gasteiger partial charge is 0.252 e. The largest absolute Gasteiger partial charge is 0.368 e. The number of halogens is 1. The predicted octanol–water partition coefficient (Wildman–Crippen LogP) is 4.37. The highest BCUT2D eigenvalue weighted by Gasteiger charge is 2.43. The molecule has 0 spiro atoms. The van der Waals surface area contributed by atoms with E-state index in [4.69, 9.17) is 9.72 Å². The predicted molar refractivity (Wildman–Crippen MR) is 149 cm³/mol. The minimum absolute atomic E-state index is 0.134. The van der Waals surface area contributed by atoms with Gasteiger partial charge in [-0.05, 0) is 51.2 Å². The number of pyridine rings is 2. The highest BCUT2D eigenvalue weighted by molar-refractivity contribution is 5.86. The zero-order valence-electron chi connectivity index (χ0n) is 23.0. The summed E-state index contributed by atoms with van der Waals surface area (Å²) in [4.78, 5) is 22.8. The lowest BCUT2D eigenvalue weighted by molar-refractivity contribution is -0.148. The Balaban J connectivity index is 1.14. The van der Waals surface area contributed by atoms with Crippen molar-refractivity contribution in [2.75, 3.05) is 12.4 Å². The van der Waals surface area contributed by atoms with Crippen molar-refractivity contribution in [1.29, 1.82) is 0 Å². The summed E-state index contributed by atoms with van der Waals surface area (Å²) >= 11 is 0. The maximum atomic E-state index is 13.5. The Morgan fingerprint density at radius 2 is 2.00 bits per heavy atom. The maximum absolute atomic E-state index is 13.5. The standard InChI is InChI=1S/C28H31FN10O2/c1-16-10-24(38-36-16)34-23-11-22-21(14-31-37-22)26(35-23)18-6-8-28(41-3,9-7-18)27(40)33-17(2)19-4-5-25(30-12-19)39-15-20(29)13-32-39/h4-5,10-15,17-18H,6-9H2,1-3H3,(H,31,37)(H,33,40)(H2,34,35,36,38)/t17-,18?,28?/m0/s1. The van der Waals surface area contributed by atoms with E-state index in [1.807, 2.05) is 32.0 Å². The van der Waals surface area contributed by atoms with Gasteiger partial charge in [0.2, 0.25) is 0 Å². The number of aryl methyl sites for hydroxylation is 1. The number of hydrogen-bond acceptors (Lipinski definition) is 8. The summed E-state index contributed by atoms with van der Waals surface area (Å²) in [7, 11) is 1.59. The van der Waals surface area contributed by atoms with E-state index in [1.54, 1.807) is 25.6 Å². The number of aromatic nitrogens is 8. The van der Waals surface area contributed by atoms with Gasteiger partial charge in [-0.3, -0.25) is 15.0 Å². The lowest BCUT2D eigenvalue weighted by Crippen LogP contribution is -2.50. The van der Waals surface area contributed by atoms with Crippen LogP contribution in [0.5, 0.6) is 0 Å². The fourth-order valence-electron chi connectivity index (χ4n) is 5.47. The fraction of sp³-hybridized carbons (Fsp3) is 0.357. The van der Waals surface area contributed by atoms with Crippen LogP contribution in [0.15, 0.2) is 49.1 Å². The first-order valence-electron chi connectivity index (χ1n) is 13.5. The topological polar surface area (TPSA) is 151 Å². The molecular formula is C28H31FN10O2. The molecule has 0 bridgehead atoms. The number of aromatic amines is 2. The molecule has 13 heteroatoms. The lowest BCUT2D eigenvalue weighted by Gasteiger charge is -2.38. The molecule has 1 saturated carbocycles. The molecule has 12 nitrogen and oxygen atoms in total. The number of fused-ring (bicyclic) bond motifs is 1. The normalized spacial score (nSPS) is 19.8. The molecule has 5 aromatic heterocycles. The first-order chi connectivity index (χ1) is 19.8. The number of carbonyl (C=O) groups is 1. The molecule has 0 aliphatic heterocycles. The van der Waals surface area contributed by atoms with Gasteiger partial charge in [0.05, 0.1) is 35.8 Å². The summed E-state index contributed by atoms with van der Waals surface area (Å²) in [6, 6.07) is 7.11. The first kappa shape index (κ1) is 26.6. The van der Waals surface area contributed by atoms with Crippen LogP contribution in [0.1, 0.15) is 61.5 Å². The molecule has 41 heavy (non-hydrogen) atoms. The van der Waals surface area contributed by atoms with Gasteiger partial charge in [0, 0.05) is 42.4 Å². The maximum Gasteiger partial charge on any atom is 0.252 e. The number of methoxy groups -OCH3 is 1. The van der Waals surface area contributed by atoms with Gasteiger partial charge in [-0.15, -0.1) is 0 Å². The van der Waals surface area contributed by atoms with Crippen LogP contribution in [-0.4, -0.2) is 58.8 Å². The first-order valence-corrected chi connectivity index (χ1v) is 13.5. The minimum Gasteiger partial charge on any atom is -0.368 e. The Morgan fingerprint density at radius 1 is 1.17 bits per heavy atom. The molecule has 0 aromatic carbocycles. The SMILES string of the molecule is COC1(C(=O)N[C@@H](C)c2ccc(-n3cc(F)cn3)nc2)CCC(c2nc(Nc3cc(C)[nH]n3)cc3[nH]ncc23)CC1. The molecule has 5 heterocycles. The van der Waals surface area contributed by atoms with E-state index in [9.17, 15) is 9.18 Å². The number of anilines is 2. The highest BCUT2D eigenvalue weighted by Crippen LogP contribution is 2.42. The third-order valence-corrected chi connectivity index (χ3v) is 7.82. The summed E-state index contributed by atoms with van der Waals surface area (Å²) in [6.45, 7) is 3.84. The van der Waals surface area contributed by atoms with Crippen molar-refractivity contribution in [3.63, 3.8) is 0 Å². The van der Waals surface area contributed by atoms with E-state index in [2.05, 4.69) is 41.1 Å². The van der Waals surface area contributed by atoms with Crippen molar-refractivity contribution in [1.82, 2.24) is 45.5 Å². The molecule has 4 N–H and O–H groups in total. The zero-order chi connectivity index (χ0) is 28.6. The zero-order valence-corrected chi connectivity index (χ0v) is 23.0. The lowest BCUT2D eigenvalue weighted by atomic mass is 9.76. The Hall–Kier alpha value is -4.65. The third kappa shape index (κ3) is 5.27. The van der Waals surface area contributed by atoms with Crippen LogP contribution in [0.4, 0.5) is 16.0 Å². The van der Waals surface area contributed by atoms with E-state index in [0.717, 1.165) is 46.9 Å². The molecular weight excluding hydrogens is 527 g/mol. The van der Waals surface area contributed by atoms with Crippen LogP contribution < -0.4 is 10.6 Å². The van der Waals surface area contributed by atoms with E-state index in [1.165, 1.54) is 10.9 Å². The molecule has 1 amide bonds. The van der Waals surface area contributed by atoms with Crippen LogP contribution in [0, 0.1) is 12.7 Å².